The van der Waals surface area contributed by atoms with E-state index in [-0.39, 0.29) is 18.0 Å². The number of urea groups is 1. The Kier molecular flexibility index (Phi) is 6.22. The molecule has 0 spiro atoms. The fraction of sp³-hybridized carbons (Fsp3) is 0.300. The number of ether oxygens (including phenoxy) is 1. The normalized spacial score (nSPS) is 16.1. The molecule has 1 atom stereocenters. The lowest BCUT2D eigenvalue weighted by atomic mass is 10.2. The van der Waals surface area contributed by atoms with Crippen molar-refractivity contribution in [3.8, 4) is 0 Å². The molecule has 1 heterocycles. The van der Waals surface area contributed by atoms with Gasteiger partial charge in [-0.05, 0) is 36.1 Å². The second kappa shape index (κ2) is 9.01. The molecule has 3 N–H and O–H groups in total. The van der Waals surface area contributed by atoms with Gasteiger partial charge >= 0.3 is 6.03 Å². The van der Waals surface area contributed by atoms with Crippen molar-refractivity contribution in [1.82, 2.24) is 10.6 Å². The van der Waals surface area contributed by atoms with Gasteiger partial charge in [0.05, 0.1) is 0 Å². The van der Waals surface area contributed by atoms with E-state index in [9.17, 15) is 9.59 Å². The molecule has 0 saturated carbocycles. The molecule has 2 aromatic carbocycles. The Balaban J connectivity index is 1.45. The lowest BCUT2D eigenvalue weighted by molar-refractivity contribution is -0.124. The maximum Gasteiger partial charge on any atom is 0.315 e. The zero-order chi connectivity index (χ0) is 18.2. The maximum atomic E-state index is 12.1. The lowest BCUT2D eigenvalue weighted by Gasteiger charge is -2.12. The Morgan fingerprint density at radius 1 is 0.962 bits per heavy atom. The fourth-order valence-electron chi connectivity index (χ4n) is 2.79. The van der Waals surface area contributed by atoms with E-state index in [1.165, 1.54) is 0 Å². The van der Waals surface area contributed by atoms with Crippen LogP contribution < -0.4 is 16.0 Å². The number of benzene rings is 2. The fourth-order valence-corrected chi connectivity index (χ4v) is 2.79. The summed E-state index contributed by atoms with van der Waals surface area (Å²) in [6, 6.07) is 16.9. The summed E-state index contributed by atoms with van der Waals surface area (Å²) >= 11 is 0. The van der Waals surface area contributed by atoms with Gasteiger partial charge in [0.15, 0.2) is 0 Å². The number of nitrogens with one attached hydrogen (secondary N) is 3. The molecule has 1 fully saturated rings. The zero-order valence-corrected chi connectivity index (χ0v) is 14.5. The van der Waals surface area contributed by atoms with E-state index in [1.807, 2.05) is 54.6 Å². The van der Waals surface area contributed by atoms with Crippen LogP contribution >= 0.6 is 0 Å². The second-order valence-corrected chi connectivity index (χ2v) is 6.21. The summed E-state index contributed by atoms with van der Waals surface area (Å²) in [7, 11) is 0. The maximum absolute atomic E-state index is 12.1. The molecule has 1 aliphatic heterocycles. The molecule has 0 aromatic heterocycles. The molecule has 0 aliphatic carbocycles. The molecule has 6 heteroatoms. The van der Waals surface area contributed by atoms with Gasteiger partial charge in [-0.3, -0.25) is 4.79 Å². The van der Waals surface area contributed by atoms with Crippen molar-refractivity contribution in [2.45, 2.75) is 32.0 Å². The first-order valence-corrected chi connectivity index (χ1v) is 8.78. The molecule has 1 saturated heterocycles. The van der Waals surface area contributed by atoms with Gasteiger partial charge in [0.2, 0.25) is 0 Å². The third-order valence-electron chi connectivity index (χ3n) is 4.17. The molecule has 136 valence electrons. The summed E-state index contributed by atoms with van der Waals surface area (Å²) in [6.07, 6.45) is 1.31. The van der Waals surface area contributed by atoms with Crippen molar-refractivity contribution in [1.29, 1.82) is 0 Å². The Bertz CT molecular complexity index is 743. The van der Waals surface area contributed by atoms with Gasteiger partial charge in [0.1, 0.15) is 6.10 Å². The molecule has 1 aliphatic rings. The van der Waals surface area contributed by atoms with Crippen LogP contribution in [-0.2, 0) is 22.6 Å². The highest BCUT2D eigenvalue weighted by molar-refractivity contribution is 5.94. The number of hydrogen-bond acceptors (Lipinski definition) is 3. The zero-order valence-electron chi connectivity index (χ0n) is 14.5. The van der Waals surface area contributed by atoms with Crippen LogP contribution in [0.15, 0.2) is 54.6 Å². The predicted molar refractivity (Wildman–Crippen MR) is 99.6 cm³/mol. The largest absolute Gasteiger partial charge is 0.368 e. The summed E-state index contributed by atoms with van der Waals surface area (Å²) < 4.78 is 5.38. The molecule has 3 amide bonds. The summed E-state index contributed by atoms with van der Waals surface area (Å²) in [5, 5.41) is 8.50. The summed E-state index contributed by atoms with van der Waals surface area (Å²) in [5.41, 5.74) is 2.65. The van der Waals surface area contributed by atoms with E-state index in [1.54, 1.807) is 0 Å². The topological polar surface area (TPSA) is 79.5 Å². The van der Waals surface area contributed by atoms with Crippen LogP contribution in [-0.4, -0.2) is 24.6 Å². The summed E-state index contributed by atoms with van der Waals surface area (Å²) in [4.78, 5) is 24.0. The third-order valence-corrected chi connectivity index (χ3v) is 4.17. The molecule has 6 nitrogen and oxygen atoms in total. The van der Waals surface area contributed by atoms with Gasteiger partial charge in [-0.15, -0.1) is 0 Å². The Morgan fingerprint density at radius 2 is 1.69 bits per heavy atom. The number of carbonyl (C=O) groups is 2. The number of amides is 3. The van der Waals surface area contributed by atoms with Gasteiger partial charge in [-0.1, -0.05) is 42.5 Å². The van der Waals surface area contributed by atoms with Crippen LogP contribution in [0.25, 0.3) is 0 Å². The van der Waals surface area contributed by atoms with Crippen LogP contribution in [0.5, 0.6) is 0 Å². The average Bonchev–Trinajstić information content (AvgIpc) is 3.21. The molecule has 2 aromatic rings. The van der Waals surface area contributed by atoms with E-state index in [4.69, 9.17) is 4.74 Å². The second-order valence-electron chi connectivity index (χ2n) is 6.21. The molecular weight excluding hydrogens is 330 g/mol. The highest BCUT2D eigenvalue weighted by Crippen LogP contribution is 2.16. The van der Waals surface area contributed by atoms with Gasteiger partial charge in [0.25, 0.3) is 5.91 Å². The van der Waals surface area contributed by atoms with Crippen LogP contribution in [0.3, 0.4) is 0 Å². The highest BCUT2D eigenvalue weighted by atomic mass is 16.5. The first-order valence-electron chi connectivity index (χ1n) is 8.78. The standard InChI is InChI=1S/C20H23N3O3/c24-19(18-10-5-11-26-18)23-17-9-4-8-16(12-17)14-22-20(25)21-13-15-6-2-1-3-7-15/h1-4,6-9,12,18H,5,10-11,13-14H2,(H,23,24)(H2,21,22,25). The lowest BCUT2D eigenvalue weighted by Crippen LogP contribution is -2.34. The van der Waals surface area contributed by atoms with Crippen molar-refractivity contribution < 1.29 is 14.3 Å². The van der Waals surface area contributed by atoms with E-state index >= 15 is 0 Å². The van der Waals surface area contributed by atoms with Gasteiger partial charge < -0.3 is 20.7 Å². The molecule has 0 bridgehead atoms. The third kappa shape index (κ3) is 5.32. The SMILES string of the molecule is O=C(NCc1ccccc1)NCc1cccc(NC(=O)C2CCCO2)c1. The Hall–Kier alpha value is -2.86. The van der Waals surface area contributed by atoms with Crippen molar-refractivity contribution >= 4 is 17.6 Å². The van der Waals surface area contributed by atoms with Crippen LogP contribution in [0, 0.1) is 0 Å². The Morgan fingerprint density at radius 3 is 2.42 bits per heavy atom. The van der Waals surface area contributed by atoms with Crippen molar-refractivity contribution in [3.63, 3.8) is 0 Å². The monoisotopic (exact) mass is 353 g/mol. The minimum atomic E-state index is -0.361. The molecule has 3 rings (SSSR count). The molecule has 26 heavy (non-hydrogen) atoms. The quantitative estimate of drug-likeness (QED) is 0.747. The minimum Gasteiger partial charge on any atom is -0.368 e. The Labute approximate surface area is 152 Å². The smallest absolute Gasteiger partial charge is 0.315 e. The van der Waals surface area contributed by atoms with E-state index in [0.29, 0.717) is 25.4 Å². The first-order chi connectivity index (χ1) is 12.7. The van der Waals surface area contributed by atoms with Gasteiger partial charge in [-0.25, -0.2) is 4.79 Å². The van der Waals surface area contributed by atoms with E-state index < -0.39 is 0 Å². The number of carbonyl (C=O) groups excluding carboxylic acids is 2. The molecular formula is C20H23N3O3. The number of hydrogen-bond donors (Lipinski definition) is 3. The van der Waals surface area contributed by atoms with Gasteiger partial charge in [0, 0.05) is 25.4 Å². The van der Waals surface area contributed by atoms with Crippen LogP contribution in [0.1, 0.15) is 24.0 Å². The highest BCUT2D eigenvalue weighted by Gasteiger charge is 2.23. The van der Waals surface area contributed by atoms with E-state index in [2.05, 4.69) is 16.0 Å². The number of rotatable bonds is 6. The van der Waals surface area contributed by atoms with Crippen molar-refractivity contribution in [2.75, 3.05) is 11.9 Å². The van der Waals surface area contributed by atoms with Crippen molar-refractivity contribution in [2.24, 2.45) is 0 Å². The summed E-state index contributed by atoms with van der Waals surface area (Å²) in [6.45, 7) is 1.49. The average molecular weight is 353 g/mol. The van der Waals surface area contributed by atoms with Crippen LogP contribution in [0.2, 0.25) is 0 Å². The molecule has 0 radical (unpaired) electrons. The molecule has 1 unspecified atom stereocenters. The van der Waals surface area contributed by atoms with E-state index in [0.717, 1.165) is 24.0 Å². The predicted octanol–water partition coefficient (Wildman–Crippen LogP) is 2.80. The first kappa shape index (κ1) is 17.9. The van der Waals surface area contributed by atoms with Crippen LogP contribution in [0.4, 0.5) is 10.5 Å². The van der Waals surface area contributed by atoms with Crippen molar-refractivity contribution in [3.05, 3.63) is 65.7 Å². The van der Waals surface area contributed by atoms with Gasteiger partial charge in [-0.2, -0.15) is 0 Å². The summed E-state index contributed by atoms with van der Waals surface area (Å²) in [5.74, 6) is -0.117. The number of anilines is 1. The minimum absolute atomic E-state index is 0.117.